The number of carbonyl (C=O) groups excluding carboxylic acids is 1. The van der Waals surface area contributed by atoms with E-state index in [0.29, 0.717) is 22.6 Å². The van der Waals surface area contributed by atoms with Crippen LogP contribution in [0.4, 0.5) is 10.1 Å². The van der Waals surface area contributed by atoms with Crippen molar-refractivity contribution >= 4 is 23.4 Å². The maximum atomic E-state index is 13.4. The van der Waals surface area contributed by atoms with Crippen molar-refractivity contribution < 1.29 is 9.18 Å². The molecule has 0 spiro atoms. The van der Waals surface area contributed by atoms with Crippen molar-refractivity contribution in [2.24, 2.45) is 0 Å². The van der Waals surface area contributed by atoms with E-state index in [-0.39, 0.29) is 17.5 Å². The molecule has 2 aromatic rings. The van der Waals surface area contributed by atoms with E-state index >= 15 is 0 Å². The molecule has 0 aliphatic rings. The normalized spacial score (nSPS) is 10.0. The Kier molecular flexibility index (Phi) is 5.56. The predicted molar refractivity (Wildman–Crippen MR) is 87.1 cm³/mol. The zero-order valence-corrected chi connectivity index (χ0v) is 12.9. The van der Waals surface area contributed by atoms with E-state index in [2.05, 4.69) is 11.4 Å². The second-order valence-corrected chi connectivity index (χ2v) is 5.80. The van der Waals surface area contributed by atoms with Crippen LogP contribution < -0.4 is 5.32 Å². The van der Waals surface area contributed by atoms with Gasteiger partial charge in [-0.05, 0) is 42.3 Å². The summed E-state index contributed by atoms with van der Waals surface area (Å²) in [6.07, 6.45) is 0. The minimum atomic E-state index is -0.334. The van der Waals surface area contributed by atoms with Crippen LogP contribution >= 0.6 is 11.8 Å². The number of nitrogens with zero attached hydrogens (tertiary/aromatic N) is 1. The largest absolute Gasteiger partial charge is 0.325 e. The smallest absolute Gasteiger partial charge is 0.234 e. The van der Waals surface area contributed by atoms with Crippen molar-refractivity contribution in [2.75, 3.05) is 11.1 Å². The van der Waals surface area contributed by atoms with Crippen LogP contribution in [0.3, 0.4) is 0 Å². The lowest BCUT2D eigenvalue weighted by atomic mass is 10.2. The molecule has 0 aromatic heterocycles. The van der Waals surface area contributed by atoms with Gasteiger partial charge in [-0.3, -0.25) is 4.79 Å². The minimum Gasteiger partial charge on any atom is -0.325 e. The summed E-state index contributed by atoms with van der Waals surface area (Å²) in [5, 5.41) is 11.5. The first-order chi connectivity index (χ1) is 10.6. The monoisotopic (exact) mass is 314 g/mol. The van der Waals surface area contributed by atoms with Gasteiger partial charge in [0.2, 0.25) is 5.91 Å². The summed E-state index contributed by atoms with van der Waals surface area (Å²) in [6.45, 7) is 1.67. The molecule has 0 saturated heterocycles. The Balaban J connectivity index is 1.82. The quantitative estimate of drug-likeness (QED) is 0.911. The first-order valence-corrected chi connectivity index (χ1v) is 7.87. The summed E-state index contributed by atoms with van der Waals surface area (Å²) in [4.78, 5) is 11.8. The van der Waals surface area contributed by atoms with E-state index in [1.54, 1.807) is 31.2 Å². The molecule has 1 N–H and O–H groups in total. The van der Waals surface area contributed by atoms with Crippen LogP contribution in [-0.2, 0) is 10.5 Å². The van der Waals surface area contributed by atoms with Gasteiger partial charge in [0.25, 0.3) is 0 Å². The molecule has 0 radical (unpaired) electrons. The third kappa shape index (κ3) is 4.61. The fourth-order valence-electron chi connectivity index (χ4n) is 1.86. The summed E-state index contributed by atoms with van der Waals surface area (Å²) in [5.74, 6) is 0.403. The minimum absolute atomic E-state index is 0.176. The molecule has 3 nitrogen and oxygen atoms in total. The number of nitriles is 1. The highest BCUT2D eigenvalue weighted by Crippen LogP contribution is 2.16. The lowest BCUT2D eigenvalue weighted by Gasteiger charge is -2.06. The second-order valence-electron chi connectivity index (χ2n) is 4.82. The third-order valence-electron chi connectivity index (χ3n) is 3.01. The number of nitrogens with one attached hydrogen (secondary N) is 1. The molecule has 0 bridgehead atoms. The van der Waals surface area contributed by atoms with Gasteiger partial charge >= 0.3 is 0 Å². The predicted octanol–water partition coefficient (Wildman–Crippen LogP) is 3.88. The maximum absolute atomic E-state index is 13.4. The second kappa shape index (κ2) is 7.62. The summed E-state index contributed by atoms with van der Waals surface area (Å²) in [7, 11) is 0. The molecule has 112 valence electrons. The molecule has 5 heteroatoms. The Hall–Kier alpha value is -2.32. The lowest BCUT2D eigenvalue weighted by Crippen LogP contribution is -2.14. The Morgan fingerprint density at radius 2 is 2.14 bits per heavy atom. The molecule has 2 aromatic carbocycles. The average Bonchev–Trinajstić information content (AvgIpc) is 2.51. The van der Waals surface area contributed by atoms with Crippen molar-refractivity contribution in [2.45, 2.75) is 12.7 Å². The van der Waals surface area contributed by atoms with Crippen molar-refractivity contribution in [3.63, 3.8) is 0 Å². The van der Waals surface area contributed by atoms with E-state index in [4.69, 9.17) is 5.26 Å². The lowest BCUT2D eigenvalue weighted by molar-refractivity contribution is -0.113. The van der Waals surface area contributed by atoms with Crippen LogP contribution in [-0.4, -0.2) is 11.7 Å². The fourth-order valence-corrected chi connectivity index (χ4v) is 2.63. The van der Waals surface area contributed by atoms with Gasteiger partial charge in [0.15, 0.2) is 0 Å². The summed E-state index contributed by atoms with van der Waals surface area (Å²) in [6, 6.07) is 14.0. The third-order valence-corrected chi connectivity index (χ3v) is 4.02. The van der Waals surface area contributed by atoms with Gasteiger partial charge in [0.1, 0.15) is 5.82 Å². The highest BCUT2D eigenvalue weighted by molar-refractivity contribution is 7.99. The molecular formula is C17H15FN2OS. The number of hydrogen-bond donors (Lipinski definition) is 1. The van der Waals surface area contributed by atoms with Crippen molar-refractivity contribution in [3.05, 3.63) is 65.0 Å². The van der Waals surface area contributed by atoms with Gasteiger partial charge in [-0.25, -0.2) is 4.39 Å². The Morgan fingerprint density at radius 3 is 2.86 bits per heavy atom. The average molecular weight is 314 g/mol. The first kappa shape index (κ1) is 16.1. The number of halogens is 1. The van der Waals surface area contributed by atoms with Gasteiger partial charge < -0.3 is 5.32 Å². The van der Waals surface area contributed by atoms with E-state index in [1.807, 2.05) is 12.1 Å². The summed E-state index contributed by atoms with van der Waals surface area (Å²) in [5.41, 5.74) is 2.61. The van der Waals surface area contributed by atoms with E-state index in [1.165, 1.54) is 17.8 Å². The van der Waals surface area contributed by atoms with E-state index < -0.39 is 0 Å². The molecule has 0 unspecified atom stereocenters. The molecule has 0 heterocycles. The van der Waals surface area contributed by atoms with Crippen LogP contribution in [0.2, 0.25) is 0 Å². The van der Waals surface area contributed by atoms with Crippen LogP contribution in [0, 0.1) is 24.1 Å². The van der Waals surface area contributed by atoms with Crippen molar-refractivity contribution in [3.8, 4) is 6.07 Å². The topological polar surface area (TPSA) is 52.9 Å². The van der Waals surface area contributed by atoms with Crippen LogP contribution in [0.25, 0.3) is 0 Å². The van der Waals surface area contributed by atoms with Crippen LogP contribution in [0.15, 0.2) is 42.5 Å². The zero-order valence-electron chi connectivity index (χ0n) is 12.1. The molecule has 0 aliphatic heterocycles. The number of rotatable bonds is 5. The number of hydrogen-bond acceptors (Lipinski definition) is 3. The highest BCUT2D eigenvalue weighted by atomic mass is 32.2. The van der Waals surface area contributed by atoms with Gasteiger partial charge in [-0.2, -0.15) is 5.26 Å². The van der Waals surface area contributed by atoms with Crippen LogP contribution in [0.5, 0.6) is 0 Å². The summed E-state index contributed by atoms with van der Waals surface area (Å²) < 4.78 is 13.4. The highest BCUT2D eigenvalue weighted by Gasteiger charge is 2.05. The Morgan fingerprint density at radius 1 is 1.32 bits per heavy atom. The van der Waals surface area contributed by atoms with Gasteiger partial charge in [-0.1, -0.05) is 18.2 Å². The molecule has 0 saturated carbocycles. The van der Waals surface area contributed by atoms with Crippen LogP contribution in [0.1, 0.15) is 16.7 Å². The van der Waals surface area contributed by atoms with E-state index in [0.717, 1.165) is 5.56 Å². The molecule has 22 heavy (non-hydrogen) atoms. The number of benzene rings is 2. The van der Waals surface area contributed by atoms with Crippen molar-refractivity contribution in [1.82, 2.24) is 0 Å². The number of carbonyl (C=O) groups is 1. The number of thioether (sulfide) groups is 1. The molecule has 0 atom stereocenters. The molecule has 2 rings (SSSR count). The standard InChI is InChI=1S/C17H15FN2OS/c1-12-5-6-15(8-16(12)18)20-17(21)11-22-10-14-4-2-3-13(7-14)9-19/h2-8H,10-11H2,1H3,(H,20,21). The molecule has 1 amide bonds. The molecule has 0 fully saturated rings. The fraction of sp³-hybridized carbons (Fsp3) is 0.176. The van der Waals surface area contributed by atoms with Crippen molar-refractivity contribution in [1.29, 1.82) is 5.26 Å². The maximum Gasteiger partial charge on any atom is 0.234 e. The van der Waals surface area contributed by atoms with Gasteiger partial charge in [0.05, 0.1) is 17.4 Å². The Labute approximate surface area is 133 Å². The van der Waals surface area contributed by atoms with E-state index in [9.17, 15) is 9.18 Å². The van der Waals surface area contributed by atoms with Gasteiger partial charge in [-0.15, -0.1) is 11.8 Å². The number of aryl methyl sites for hydroxylation is 1. The SMILES string of the molecule is Cc1ccc(NC(=O)CSCc2cccc(C#N)c2)cc1F. The summed E-state index contributed by atoms with van der Waals surface area (Å²) >= 11 is 1.45. The number of anilines is 1. The molecule has 0 aliphatic carbocycles. The Bertz CT molecular complexity index is 725. The number of amides is 1. The first-order valence-electron chi connectivity index (χ1n) is 6.71. The molecular weight excluding hydrogens is 299 g/mol. The zero-order chi connectivity index (χ0) is 15.9. The van der Waals surface area contributed by atoms with Gasteiger partial charge in [0, 0.05) is 11.4 Å².